The number of nitrogens with two attached hydrogens (primary N) is 3. The number of imidazole rings is 2. The lowest BCUT2D eigenvalue weighted by atomic mass is 9.80. The van der Waals surface area contributed by atoms with Crippen molar-refractivity contribution in [3.63, 3.8) is 0 Å². The number of hydrogen-bond acceptors (Lipinski definition) is 27. The van der Waals surface area contributed by atoms with Crippen molar-refractivity contribution in [1.82, 2.24) is 58.1 Å². The number of nitrogens with one attached hydrogen (secondary N) is 2. The van der Waals surface area contributed by atoms with Gasteiger partial charge in [-0.15, -0.1) is 0 Å². The number of hydrogen-bond donors (Lipinski definition) is 12. The Hall–Kier alpha value is -6.05. The van der Waals surface area contributed by atoms with Gasteiger partial charge in [0.25, 0.3) is 11.1 Å². The van der Waals surface area contributed by atoms with E-state index in [9.17, 15) is 67.8 Å². The van der Waals surface area contributed by atoms with Crippen LogP contribution in [0.15, 0.2) is 56.6 Å². The second-order valence-electron chi connectivity index (χ2n) is 18.9. The van der Waals surface area contributed by atoms with Crippen molar-refractivity contribution in [3.8, 4) is 0 Å². The lowest BCUT2D eigenvalue weighted by Crippen LogP contribution is -2.56. The van der Waals surface area contributed by atoms with Gasteiger partial charge < -0.3 is 75.8 Å². The van der Waals surface area contributed by atoms with Gasteiger partial charge in [0.15, 0.2) is 22.6 Å². The normalized spacial score (nSPS) is 29.8. The fourth-order valence-electron chi connectivity index (χ4n) is 10.1. The summed E-state index contributed by atoms with van der Waals surface area (Å²) in [5.74, 6) is -0.398. The molecule has 15 atom stereocenters. The monoisotopic (exact) mass is 1170 g/mol. The maximum atomic E-state index is 13.9. The minimum atomic E-state index is -6.21. The molecule has 0 radical (unpaired) electrons. The second kappa shape index (κ2) is 21.1. The maximum absolute atomic E-state index is 13.9. The Morgan fingerprint density at radius 3 is 1.94 bits per heavy atom. The topological polar surface area (TPSA) is 542 Å². The summed E-state index contributed by atoms with van der Waals surface area (Å²) in [6, 6.07) is 1.30. The van der Waals surface area contributed by atoms with Gasteiger partial charge in [-0.25, -0.2) is 43.2 Å². The van der Waals surface area contributed by atoms with E-state index in [0.29, 0.717) is 0 Å². The van der Waals surface area contributed by atoms with Crippen molar-refractivity contribution in [2.75, 3.05) is 23.8 Å². The third-order valence-corrected chi connectivity index (χ3v) is 17.5. The number of rotatable bonds is 18. The number of nitrogens with zero attached hydrogens (tertiary/aromatic N) is 10. The van der Waals surface area contributed by atoms with E-state index in [1.807, 2.05) is 0 Å². The lowest BCUT2D eigenvalue weighted by molar-refractivity contribution is -0.220. The summed E-state index contributed by atoms with van der Waals surface area (Å²) in [6.07, 6.45) is -14.8. The molecule has 0 saturated carbocycles. The molecule has 4 aliphatic heterocycles. The molecule has 37 nitrogen and oxygen atoms in total. The first kappa shape index (κ1) is 56.2. The Morgan fingerprint density at radius 2 is 1.29 bits per heavy atom. The SMILES string of the molecule is Cc1cn([C@H]2C[C@H](OP(=O)(O)OP(=O)(O)OP(=O)(O)O)[C@@H](C(C[C@H]3O[C@@H](n4cnc5c(N)ncnc54)C[C@@H]3O)(C[C@H]3O[C@@H](n4cnc5c(=O)[nH]c(N)nc54)C[C@@H]3O)OC[C@H]3O[C@@H](n4ccc(N)nc4=O)C[C@@H]3O)O2)c(=O)[nH]c1=O. The molecule has 4 fully saturated rings. The van der Waals surface area contributed by atoms with Gasteiger partial charge in [0, 0.05) is 56.5 Å². The minimum absolute atomic E-state index is 0.0114. The number of aliphatic hydroxyl groups excluding tert-OH is 3. The van der Waals surface area contributed by atoms with E-state index in [1.165, 1.54) is 47.3 Å². The molecule has 4 aliphatic rings. The van der Waals surface area contributed by atoms with Gasteiger partial charge in [-0.1, -0.05) is 0 Å². The summed E-state index contributed by atoms with van der Waals surface area (Å²) in [4.78, 5) is 121. The first-order valence-electron chi connectivity index (χ1n) is 23.6. The quantitative estimate of drug-likeness (QED) is 0.0390. The highest BCUT2D eigenvalue weighted by atomic mass is 31.3. The highest BCUT2D eigenvalue weighted by Crippen LogP contribution is 2.67. The Bertz CT molecular complexity index is 3700. The van der Waals surface area contributed by atoms with Gasteiger partial charge in [-0.05, 0) is 13.0 Å². The van der Waals surface area contributed by atoms with Crippen LogP contribution in [-0.4, -0.2) is 154 Å². The molecular formula is C39H50N15O22P3. The Labute approximate surface area is 439 Å². The van der Waals surface area contributed by atoms with Crippen molar-refractivity contribution in [2.45, 2.75) is 125 Å². The number of phosphoric acid groups is 3. The number of nitrogen functional groups attached to an aromatic ring is 3. The van der Waals surface area contributed by atoms with E-state index in [-0.39, 0.29) is 64.7 Å². The molecule has 428 valence electrons. The predicted molar refractivity (Wildman–Crippen MR) is 260 cm³/mol. The molecule has 10 heterocycles. The number of H-pyrrole nitrogens is 2. The number of phosphoric ester groups is 1. The third kappa shape index (κ3) is 11.6. The molecular weight excluding hydrogens is 1120 g/mol. The number of anilines is 3. The van der Waals surface area contributed by atoms with Crippen molar-refractivity contribution in [2.24, 2.45) is 0 Å². The van der Waals surface area contributed by atoms with E-state index in [1.54, 1.807) is 0 Å². The van der Waals surface area contributed by atoms with Crippen LogP contribution in [0.1, 0.15) is 69.0 Å². The van der Waals surface area contributed by atoms with Gasteiger partial charge in [-0.3, -0.25) is 42.3 Å². The standard InChI is InChI=1S/C39H50N15O22P3/c1-15-10-52(38(61)50-34(15)58)27-7-19(74-78(65,66)76-79(67,68)75-77(62,63)64)30(73-27)39(69-11-22-18(57)6-24(72-22)51-3-2-23(40)47-37(51)60,8-20-16(55)4-25(70-20)53-13-45-28-31(41)43-12-44-32(28)53)9-21-17(56)5-26(71-21)54-14-46-29-33(54)48-36(42)49-35(29)59/h2-3,10,12-14,16-22,24-27,30,55-57H,4-9,11H2,1H3,(H,65,66)(H,67,68)(H2,40,47,60)(H2,41,43,44)(H,50,58,61)(H2,62,63,64)(H3,42,48,49,59)/t16-,17-,18-,19-,20+,21+,22+,24+,25+,26+,27+,30-,39?/m0/s1. The molecule has 40 heteroatoms. The zero-order valence-electron chi connectivity index (χ0n) is 40.6. The fourth-order valence-corrected chi connectivity index (χ4v) is 13.3. The summed E-state index contributed by atoms with van der Waals surface area (Å²) in [5, 5.41) is 35.6. The van der Waals surface area contributed by atoms with Crippen LogP contribution in [0.5, 0.6) is 0 Å². The lowest BCUT2D eigenvalue weighted by Gasteiger charge is -2.44. The zero-order chi connectivity index (χ0) is 56.7. The van der Waals surface area contributed by atoms with E-state index in [4.69, 9.17) is 45.4 Å². The van der Waals surface area contributed by atoms with E-state index >= 15 is 0 Å². The highest BCUT2D eigenvalue weighted by molar-refractivity contribution is 7.66. The number of fused-ring (bicyclic) bond motifs is 2. The van der Waals surface area contributed by atoms with Crippen LogP contribution < -0.4 is 39.7 Å². The number of aryl methyl sites for hydroxylation is 1. The molecule has 10 rings (SSSR count). The molecule has 6 aromatic heterocycles. The summed E-state index contributed by atoms with van der Waals surface area (Å²) >= 11 is 0. The van der Waals surface area contributed by atoms with E-state index < -0.39 is 151 Å². The third-order valence-electron chi connectivity index (χ3n) is 13.6. The van der Waals surface area contributed by atoms with Crippen LogP contribution in [-0.2, 0) is 50.5 Å². The Balaban J connectivity index is 1.10. The first-order valence-corrected chi connectivity index (χ1v) is 28.1. The minimum Gasteiger partial charge on any atom is -0.390 e. The summed E-state index contributed by atoms with van der Waals surface area (Å²) in [5.41, 5.74) is 11.9. The van der Waals surface area contributed by atoms with Crippen molar-refractivity contribution < 1.29 is 85.4 Å². The average molecular weight is 1170 g/mol. The van der Waals surface area contributed by atoms with Gasteiger partial charge in [0.05, 0.1) is 49.8 Å². The molecule has 3 unspecified atom stereocenters. The number of aromatic amines is 2. The average Bonchev–Trinajstić information content (AvgIpc) is 4.42. The molecule has 0 spiro atoms. The number of ether oxygens (including phenoxy) is 5. The van der Waals surface area contributed by atoms with Crippen LogP contribution in [0.2, 0.25) is 0 Å². The van der Waals surface area contributed by atoms with Crippen LogP contribution in [0.4, 0.5) is 17.6 Å². The van der Waals surface area contributed by atoms with Crippen molar-refractivity contribution in [3.05, 3.63) is 84.7 Å². The van der Waals surface area contributed by atoms with Gasteiger partial charge in [-0.2, -0.15) is 18.6 Å². The number of aromatic nitrogens is 12. The zero-order valence-corrected chi connectivity index (χ0v) is 43.3. The smallest absolute Gasteiger partial charge is 0.390 e. The van der Waals surface area contributed by atoms with Gasteiger partial charge in [0.1, 0.15) is 66.5 Å². The van der Waals surface area contributed by atoms with Crippen LogP contribution in [0, 0.1) is 6.92 Å². The van der Waals surface area contributed by atoms with Crippen LogP contribution in [0.25, 0.3) is 22.3 Å². The Morgan fingerprint density at radius 1 is 0.696 bits per heavy atom. The fraction of sp³-hybridized carbons (Fsp3) is 0.538. The molecule has 79 heavy (non-hydrogen) atoms. The van der Waals surface area contributed by atoms with Crippen molar-refractivity contribution in [1.29, 1.82) is 0 Å². The molecule has 0 bridgehead atoms. The molecule has 4 saturated heterocycles. The first-order chi connectivity index (χ1) is 37.1. The van der Waals surface area contributed by atoms with E-state index in [0.717, 1.165) is 15.3 Å². The van der Waals surface area contributed by atoms with Crippen LogP contribution in [0.3, 0.4) is 0 Å². The summed E-state index contributed by atoms with van der Waals surface area (Å²) < 4.78 is 89.3. The van der Waals surface area contributed by atoms with Gasteiger partial charge in [0.2, 0.25) is 5.95 Å². The molecule has 15 N–H and O–H groups in total. The largest absolute Gasteiger partial charge is 0.490 e. The maximum Gasteiger partial charge on any atom is 0.490 e. The summed E-state index contributed by atoms with van der Waals surface area (Å²) in [6.45, 7) is 0.586. The highest BCUT2D eigenvalue weighted by Gasteiger charge is 2.59. The second-order valence-corrected chi connectivity index (χ2v) is 23.3. The molecule has 6 aromatic rings. The molecule has 0 aliphatic carbocycles. The number of aliphatic hydroxyl groups is 3. The molecule has 0 amide bonds. The van der Waals surface area contributed by atoms with E-state index in [2.05, 4.69) is 48.5 Å². The van der Waals surface area contributed by atoms with Crippen molar-refractivity contribution >= 4 is 63.4 Å². The van der Waals surface area contributed by atoms with Crippen LogP contribution >= 0.6 is 23.5 Å². The molecule has 0 aromatic carbocycles. The Kier molecular flexibility index (Phi) is 15.0. The summed E-state index contributed by atoms with van der Waals surface area (Å²) in [7, 11) is -18.3. The van der Waals surface area contributed by atoms with Gasteiger partial charge >= 0.3 is 34.8 Å². The predicted octanol–water partition coefficient (Wildman–Crippen LogP) is -2.70.